The van der Waals surface area contributed by atoms with Crippen LogP contribution in [0.4, 0.5) is 11.4 Å². The predicted octanol–water partition coefficient (Wildman–Crippen LogP) is -0.195. The highest BCUT2D eigenvalue weighted by Gasteiger charge is 2.25. The molecule has 0 aliphatic rings. The number of rotatable bonds is 7. The molecule has 0 saturated heterocycles. The smallest absolute Gasteiger partial charge is 0.289 e. The van der Waals surface area contributed by atoms with Gasteiger partial charge in [-0.15, -0.1) is 0 Å². The number of nitro groups is 1. The maximum absolute atomic E-state index is 12.0. The molecule has 106 valence electrons. The number of benzene rings is 1. The first-order chi connectivity index (χ1) is 8.92. The number of ether oxygens (including phenoxy) is 1. The molecule has 0 amide bonds. The molecule has 10 heteroatoms. The second-order valence-corrected chi connectivity index (χ2v) is 5.21. The Labute approximate surface area is 109 Å². The summed E-state index contributed by atoms with van der Waals surface area (Å²) >= 11 is 0. The van der Waals surface area contributed by atoms with Crippen LogP contribution in [0, 0.1) is 10.1 Å². The van der Waals surface area contributed by atoms with Crippen LogP contribution in [0.2, 0.25) is 0 Å². The third-order valence-electron chi connectivity index (χ3n) is 2.21. The number of anilines is 1. The molecule has 0 bridgehead atoms. The molecule has 0 spiro atoms. The van der Waals surface area contributed by atoms with Crippen molar-refractivity contribution in [3.8, 4) is 0 Å². The molecule has 0 heterocycles. The number of nitrogen functional groups attached to an aromatic ring is 1. The van der Waals surface area contributed by atoms with Crippen molar-refractivity contribution in [3.05, 3.63) is 28.3 Å². The summed E-state index contributed by atoms with van der Waals surface area (Å²) in [6, 6.07) is 3.47. The number of nitro benzene ring substituents is 1. The number of hydrazine groups is 1. The second kappa shape index (κ2) is 6.43. The molecular weight excluding hydrogens is 276 g/mol. The Hall–Kier alpha value is -1.75. The number of methoxy groups -OCH3 is 1. The average molecular weight is 290 g/mol. The van der Waals surface area contributed by atoms with Crippen LogP contribution < -0.4 is 16.0 Å². The minimum absolute atomic E-state index is 0.0102. The van der Waals surface area contributed by atoms with Gasteiger partial charge in [0.25, 0.3) is 5.69 Å². The monoisotopic (exact) mass is 290 g/mol. The van der Waals surface area contributed by atoms with Crippen LogP contribution in [0.15, 0.2) is 23.1 Å². The zero-order chi connectivity index (χ0) is 14.5. The lowest BCUT2D eigenvalue weighted by Crippen LogP contribution is -2.28. The van der Waals surface area contributed by atoms with E-state index in [0.29, 0.717) is 0 Å². The van der Waals surface area contributed by atoms with Crippen LogP contribution in [0.25, 0.3) is 0 Å². The van der Waals surface area contributed by atoms with Crippen molar-refractivity contribution in [2.75, 3.05) is 25.7 Å². The summed E-state index contributed by atoms with van der Waals surface area (Å²) in [5.41, 5.74) is 1.96. The Morgan fingerprint density at radius 1 is 1.47 bits per heavy atom. The first kappa shape index (κ1) is 15.3. The van der Waals surface area contributed by atoms with E-state index < -0.39 is 25.5 Å². The average Bonchev–Trinajstić information content (AvgIpc) is 2.38. The molecule has 1 rings (SSSR count). The van der Waals surface area contributed by atoms with Crippen LogP contribution in [0.1, 0.15) is 0 Å². The maximum atomic E-state index is 12.0. The molecule has 0 aromatic heterocycles. The zero-order valence-electron chi connectivity index (χ0n) is 10.1. The van der Waals surface area contributed by atoms with Gasteiger partial charge in [0.1, 0.15) is 0 Å². The van der Waals surface area contributed by atoms with Crippen molar-refractivity contribution in [2.45, 2.75) is 4.90 Å². The number of nitrogens with zero attached hydrogens (tertiary/aromatic N) is 1. The summed E-state index contributed by atoms with van der Waals surface area (Å²) in [7, 11) is -2.60. The molecule has 19 heavy (non-hydrogen) atoms. The Balaban J connectivity index is 3.18. The molecule has 0 radical (unpaired) electrons. The quantitative estimate of drug-likeness (QED) is 0.274. The van der Waals surface area contributed by atoms with Gasteiger partial charge in [-0.3, -0.25) is 16.0 Å². The summed E-state index contributed by atoms with van der Waals surface area (Å²) in [5.74, 6) is 5.15. The molecule has 0 atom stereocenters. The highest BCUT2D eigenvalue weighted by atomic mass is 32.2. The summed E-state index contributed by atoms with van der Waals surface area (Å²) < 4.78 is 30.8. The van der Waals surface area contributed by atoms with Gasteiger partial charge >= 0.3 is 0 Å². The van der Waals surface area contributed by atoms with E-state index >= 15 is 0 Å². The van der Waals surface area contributed by atoms with E-state index in [0.717, 1.165) is 12.1 Å². The predicted molar refractivity (Wildman–Crippen MR) is 68.0 cm³/mol. The lowest BCUT2D eigenvalue weighted by atomic mass is 10.3. The van der Waals surface area contributed by atoms with Gasteiger partial charge in [-0.05, 0) is 12.1 Å². The van der Waals surface area contributed by atoms with Crippen LogP contribution in [0.5, 0.6) is 0 Å². The standard InChI is InChI=1S/C9H14N4O5S/c1-18-5-4-11-19(16,17)9-6-7(12-10)2-3-8(9)13(14)15/h2-3,6,11-12H,4-5,10H2,1H3. The van der Waals surface area contributed by atoms with Gasteiger partial charge in [-0.1, -0.05) is 0 Å². The number of hydrogen-bond acceptors (Lipinski definition) is 7. The normalized spacial score (nSPS) is 11.3. The van der Waals surface area contributed by atoms with Gasteiger partial charge in [0.2, 0.25) is 10.0 Å². The highest BCUT2D eigenvalue weighted by molar-refractivity contribution is 7.89. The van der Waals surface area contributed by atoms with E-state index in [4.69, 9.17) is 10.6 Å². The van der Waals surface area contributed by atoms with E-state index in [-0.39, 0.29) is 18.8 Å². The molecule has 4 N–H and O–H groups in total. The van der Waals surface area contributed by atoms with E-state index in [9.17, 15) is 18.5 Å². The fourth-order valence-corrected chi connectivity index (χ4v) is 2.53. The molecule has 9 nitrogen and oxygen atoms in total. The van der Waals surface area contributed by atoms with Crippen molar-refractivity contribution in [1.82, 2.24) is 4.72 Å². The minimum Gasteiger partial charge on any atom is -0.383 e. The first-order valence-electron chi connectivity index (χ1n) is 5.16. The zero-order valence-corrected chi connectivity index (χ0v) is 10.9. The Morgan fingerprint density at radius 2 is 2.16 bits per heavy atom. The van der Waals surface area contributed by atoms with Gasteiger partial charge < -0.3 is 10.2 Å². The van der Waals surface area contributed by atoms with Gasteiger partial charge in [-0.2, -0.15) is 0 Å². The summed E-state index contributed by atoms with van der Waals surface area (Å²) in [6.45, 7) is 0.165. The summed E-state index contributed by atoms with van der Waals surface area (Å²) in [5, 5.41) is 10.8. The van der Waals surface area contributed by atoms with E-state index in [1.54, 1.807) is 0 Å². The molecule has 1 aromatic carbocycles. The van der Waals surface area contributed by atoms with Crippen molar-refractivity contribution in [1.29, 1.82) is 0 Å². The topological polar surface area (TPSA) is 137 Å². The van der Waals surface area contributed by atoms with E-state index in [2.05, 4.69) is 10.1 Å². The summed E-state index contributed by atoms with van der Waals surface area (Å²) in [6.07, 6.45) is 0. The second-order valence-electron chi connectivity index (χ2n) is 3.47. The minimum atomic E-state index is -4.01. The SMILES string of the molecule is COCCNS(=O)(=O)c1cc(NN)ccc1[N+](=O)[O-]. The van der Waals surface area contributed by atoms with Crippen LogP contribution in [0.3, 0.4) is 0 Å². The van der Waals surface area contributed by atoms with Crippen molar-refractivity contribution in [2.24, 2.45) is 5.84 Å². The number of nitrogens with one attached hydrogen (secondary N) is 2. The van der Waals surface area contributed by atoms with E-state index in [1.165, 1.54) is 13.2 Å². The van der Waals surface area contributed by atoms with Crippen LogP contribution >= 0.6 is 0 Å². The number of hydrogen-bond donors (Lipinski definition) is 3. The molecule has 0 unspecified atom stereocenters. The Kier molecular flexibility index (Phi) is 5.18. The third kappa shape index (κ3) is 3.86. The van der Waals surface area contributed by atoms with Crippen molar-refractivity contribution < 1.29 is 18.1 Å². The molecule has 0 saturated carbocycles. The van der Waals surface area contributed by atoms with Crippen molar-refractivity contribution >= 4 is 21.4 Å². The van der Waals surface area contributed by atoms with Gasteiger partial charge in [0.05, 0.1) is 17.2 Å². The molecule has 0 aliphatic carbocycles. The Bertz CT molecular complexity index is 560. The van der Waals surface area contributed by atoms with Crippen molar-refractivity contribution in [3.63, 3.8) is 0 Å². The lowest BCUT2D eigenvalue weighted by Gasteiger charge is -2.08. The van der Waals surface area contributed by atoms with Gasteiger partial charge in [-0.25, -0.2) is 13.1 Å². The van der Waals surface area contributed by atoms with E-state index in [1.807, 2.05) is 0 Å². The van der Waals surface area contributed by atoms with Gasteiger partial charge in [0.15, 0.2) is 4.90 Å². The fraction of sp³-hybridized carbons (Fsp3) is 0.333. The third-order valence-corrected chi connectivity index (χ3v) is 3.70. The number of nitrogens with two attached hydrogens (primary N) is 1. The largest absolute Gasteiger partial charge is 0.383 e. The Morgan fingerprint density at radius 3 is 2.68 bits per heavy atom. The van der Waals surface area contributed by atoms with Gasteiger partial charge in [0, 0.05) is 19.7 Å². The molecular formula is C9H14N4O5S. The lowest BCUT2D eigenvalue weighted by molar-refractivity contribution is -0.387. The summed E-state index contributed by atoms with van der Waals surface area (Å²) in [4.78, 5) is 9.61. The van der Waals surface area contributed by atoms with Crippen LogP contribution in [-0.2, 0) is 14.8 Å². The van der Waals surface area contributed by atoms with Crippen LogP contribution in [-0.4, -0.2) is 33.6 Å². The molecule has 0 fully saturated rings. The molecule has 0 aliphatic heterocycles. The number of sulfonamides is 1. The maximum Gasteiger partial charge on any atom is 0.289 e. The fourth-order valence-electron chi connectivity index (χ4n) is 1.33. The highest BCUT2D eigenvalue weighted by Crippen LogP contribution is 2.26. The molecule has 1 aromatic rings. The first-order valence-corrected chi connectivity index (χ1v) is 6.64.